The van der Waals surface area contributed by atoms with E-state index >= 15 is 0 Å². The second kappa shape index (κ2) is 13.1. The maximum atomic E-state index is 12.2. The van der Waals surface area contributed by atoms with Gasteiger partial charge in [-0.05, 0) is 74.7 Å². The van der Waals surface area contributed by atoms with E-state index in [-0.39, 0.29) is 22.8 Å². The predicted molar refractivity (Wildman–Crippen MR) is 152 cm³/mol. The Morgan fingerprint density at radius 1 is 0.795 bits per heavy atom. The molecule has 0 aliphatic carbocycles. The molecule has 4 aromatic rings. The van der Waals surface area contributed by atoms with Crippen LogP contribution in [0.1, 0.15) is 48.5 Å². The molecule has 4 aromatic carbocycles. The molecule has 0 fully saturated rings. The summed E-state index contributed by atoms with van der Waals surface area (Å²) in [5, 5.41) is 19.6. The fourth-order valence-electron chi connectivity index (χ4n) is 3.84. The number of benzene rings is 4. The van der Waals surface area contributed by atoms with Gasteiger partial charge in [-0.1, -0.05) is 60.7 Å². The molecule has 0 aliphatic rings. The molecule has 2 N–H and O–H groups in total. The number of esters is 1. The van der Waals surface area contributed by atoms with Crippen molar-refractivity contribution in [2.75, 3.05) is 6.61 Å². The Kier molecular flexibility index (Phi) is 9.65. The fraction of sp³-hybridized carbons (Fsp3) is 0.152. The molecular formula is C33H32O6. The summed E-state index contributed by atoms with van der Waals surface area (Å²) in [6, 6.07) is 22.4. The standard InChI is InChI=1S/C17H18O3.C16H14O3/c1-10-5-6-15(11(2)7-10)20-17(19)14-8-12(3)16(18)13(4)9-14;1-2-10-19-13-8-9-14(15(17)11-13)16(18)12-6-4-3-5-7-12/h5-9,18H,1-4H3;2-9,11,17H,1,10H2. The van der Waals surface area contributed by atoms with Crippen LogP contribution in [0.25, 0.3) is 0 Å². The summed E-state index contributed by atoms with van der Waals surface area (Å²) in [6.07, 6.45) is 1.61. The Hall–Kier alpha value is -4.84. The van der Waals surface area contributed by atoms with Gasteiger partial charge >= 0.3 is 5.97 Å². The summed E-state index contributed by atoms with van der Waals surface area (Å²) >= 11 is 0. The Bertz CT molecular complexity index is 1460. The third-order valence-corrected chi connectivity index (χ3v) is 5.88. The van der Waals surface area contributed by atoms with E-state index < -0.39 is 5.97 Å². The van der Waals surface area contributed by atoms with Gasteiger partial charge in [-0.2, -0.15) is 0 Å². The van der Waals surface area contributed by atoms with Crippen LogP contribution in [0.4, 0.5) is 0 Å². The van der Waals surface area contributed by atoms with Gasteiger partial charge in [0.1, 0.15) is 29.6 Å². The largest absolute Gasteiger partial charge is 0.507 e. The first kappa shape index (κ1) is 28.7. The highest BCUT2D eigenvalue weighted by molar-refractivity contribution is 6.10. The molecule has 0 aromatic heterocycles. The molecule has 6 heteroatoms. The van der Waals surface area contributed by atoms with Crippen molar-refractivity contribution in [3.8, 4) is 23.0 Å². The predicted octanol–water partition coefficient (Wildman–Crippen LogP) is 7.03. The number of aromatic hydroxyl groups is 2. The van der Waals surface area contributed by atoms with Crippen LogP contribution in [-0.2, 0) is 0 Å². The molecule has 0 saturated carbocycles. The summed E-state index contributed by atoms with van der Waals surface area (Å²) < 4.78 is 10.7. The molecule has 4 rings (SSSR count). The number of ketones is 1. The number of carbonyl (C=O) groups excluding carboxylic acids is 2. The van der Waals surface area contributed by atoms with Crippen LogP contribution >= 0.6 is 0 Å². The molecule has 0 saturated heterocycles. The van der Waals surface area contributed by atoms with E-state index in [0.29, 0.717) is 40.4 Å². The van der Waals surface area contributed by atoms with Gasteiger partial charge < -0.3 is 19.7 Å². The molecule has 0 bridgehead atoms. The van der Waals surface area contributed by atoms with Crippen LogP contribution in [-0.4, -0.2) is 28.6 Å². The Morgan fingerprint density at radius 2 is 1.46 bits per heavy atom. The van der Waals surface area contributed by atoms with Gasteiger partial charge in [0, 0.05) is 11.6 Å². The highest BCUT2D eigenvalue weighted by Crippen LogP contribution is 2.27. The molecule has 0 amide bonds. The van der Waals surface area contributed by atoms with Crippen LogP contribution in [0.15, 0.2) is 91.5 Å². The highest BCUT2D eigenvalue weighted by Gasteiger charge is 2.15. The van der Waals surface area contributed by atoms with E-state index in [9.17, 15) is 19.8 Å². The van der Waals surface area contributed by atoms with Crippen molar-refractivity contribution in [1.82, 2.24) is 0 Å². The SMILES string of the molecule is C=CCOc1ccc(C(=O)c2ccccc2)c(O)c1.Cc1ccc(OC(=O)c2cc(C)c(O)c(C)c2)c(C)c1. The number of ether oxygens (including phenoxy) is 2. The van der Waals surface area contributed by atoms with Gasteiger partial charge in [0.15, 0.2) is 5.78 Å². The average molecular weight is 525 g/mol. The number of aryl methyl sites for hydroxylation is 4. The summed E-state index contributed by atoms with van der Waals surface area (Å²) in [5.41, 5.74) is 4.62. The lowest BCUT2D eigenvalue weighted by Gasteiger charge is -2.10. The van der Waals surface area contributed by atoms with E-state index in [0.717, 1.165) is 11.1 Å². The minimum absolute atomic E-state index is 0.0876. The number of rotatable bonds is 7. The molecule has 0 atom stereocenters. The Balaban J connectivity index is 0.000000216. The van der Waals surface area contributed by atoms with Crippen molar-refractivity contribution < 1.29 is 29.3 Å². The molecule has 6 nitrogen and oxygen atoms in total. The molecule has 0 heterocycles. The summed E-state index contributed by atoms with van der Waals surface area (Å²) in [6.45, 7) is 11.3. The zero-order valence-electron chi connectivity index (χ0n) is 22.5. The lowest BCUT2D eigenvalue weighted by atomic mass is 10.0. The van der Waals surface area contributed by atoms with Crippen molar-refractivity contribution in [3.63, 3.8) is 0 Å². The first-order chi connectivity index (χ1) is 18.6. The Labute approximate surface area is 228 Å². The average Bonchev–Trinajstić information content (AvgIpc) is 2.92. The van der Waals surface area contributed by atoms with Crippen LogP contribution in [0.2, 0.25) is 0 Å². The van der Waals surface area contributed by atoms with Gasteiger partial charge in [0.05, 0.1) is 11.1 Å². The lowest BCUT2D eigenvalue weighted by molar-refractivity contribution is 0.0733. The normalized spacial score (nSPS) is 10.2. The quantitative estimate of drug-likeness (QED) is 0.117. The van der Waals surface area contributed by atoms with Crippen molar-refractivity contribution in [3.05, 3.63) is 130 Å². The topological polar surface area (TPSA) is 93.1 Å². The molecule has 0 aliphatic heterocycles. The van der Waals surface area contributed by atoms with Crippen molar-refractivity contribution in [1.29, 1.82) is 0 Å². The number of hydrogen-bond donors (Lipinski definition) is 2. The van der Waals surface area contributed by atoms with Gasteiger partial charge in [-0.25, -0.2) is 4.79 Å². The first-order valence-corrected chi connectivity index (χ1v) is 12.4. The minimum atomic E-state index is -0.414. The molecule has 0 spiro atoms. The summed E-state index contributed by atoms with van der Waals surface area (Å²) in [7, 11) is 0. The number of phenols is 2. The monoisotopic (exact) mass is 524 g/mol. The number of carbonyl (C=O) groups is 2. The van der Waals surface area contributed by atoms with Gasteiger partial charge in [-0.3, -0.25) is 4.79 Å². The molecule has 39 heavy (non-hydrogen) atoms. The van der Waals surface area contributed by atoms with E-state index in [1.54, 1.807) is 74.5 Å². The third kappa shape index (κ3) is 7.58. The van der Waals surface area contributed by atoms with Crippen molar-refractivity contribution >= 4 is 11.8 Å². The maximum Gasteiger partial charge on any atom is 0.343 e. The second-order valence-electron chi connectivity index (χ2n) is 9.09. The van der Waals surface area contributed by atoms with Crippen molar-refractivity contribution in [2.24, 2.45) is 0 Å². The molecular weight excluding hydrogens is 492 g/mol. The molecule has 200 valence electrons. The highest BCUT2D eigenvalue weighted by atomic mass is 16.5. The number of hydrogen-bond acceptors (Lipinski definition) is 6. The van der Waals surface area contributed by atoms with Crippen LogP contribution in [0, 0.1) is 27.7 Å². The minimum Gasteiger partial charge on any atom is -0.507 e. The zero-order valence-corrected chi connectivity index (χ0v) is 22.5. The summed E-state index contributed by atoms with van der Waals surface area (Å²) in [4.78, 5) is 24.3. The smallest absolute Gasteiger partial charge is 0.343 e. The third-order valence-electron chi connectivity index (χ3n) is 5.88. The lowest BCUT2D eigenvalue weighted by Crippen LogP contribution is -2.10. The molecule has 0 radical (unpaired) electrons. The van der Waals surface area contributed by atoms with E-state index in [1.165, 1.54) is 6.07 Å². The first-order valence-electron chi connectivity index (χ1n) is 12.4. The van der Waals surface area contributed by atoms with Crippen LogP contribution in [0.3, 0.4) is 0 Å². The maximum absolute atomic E-state index is 12.2. The Morgan fingerprint density at radius 3 is 2.05 bits per heavy atom. The van der Waals surface area contributed by atoms with Crippen LogP contribution in [0.5, 0.6) is 23.0 Å². The zero-order chi connectivity index (χ0) is 28.5. The van der Waals surface area contributed by atoms with Gasteiger partial charge in [0.25, 0.3) is 0 Å². The van der Waals surface area contributed by atoms with E-state index in [4.69, 9.17) is 9.47 Å². The van der Waals surface area contributed by atoms with Gasteiger partial charge in [-0.15, -0.1) is 0 Å². The van der Waals surface area contributed by atoms with Crippen molar-refractivity contribution in [2.45, 2.75) is 27.7 Å². The summed E-state index contributed by atoms with van der Waals surface area (Å²) in [5.74, 6) is 0.561. The van der Waals surface area contributed by atoms with E-state index in [1.807, 2.05) is 32.0 Å². The molecule has 0 unspecified atom stereocenters. The van der Waals surface area contributed by atoms with Gasteiger partial charge in [0.2, 0.25) is 0 Å². The fourth-order valence-corrected chi connectivity index (χ4v) is 3.84. The van der Waals surface area contributed by atoms with Crippen LogP contribution < -0.4 is 9.47 Å². The van der Waals surface area contributed by atoms with E-state index in [2.05, 4.69) is 6.58 Å². The second-order valence-corrected chi connectivity index (χ2v) is 9.09. The number of phenolic OH excluding ortho intramolecular Hbond substituents is 2.